The van der Waals surface area contributed by atoms with Gasteiger partial charge in [0.05, 0.1) is 11.4 Å². The van der Waals surface area contributed by atoms with Crippen LogP contribution in [0.3, 0.4) is 0 Å². The van der Waals surface area contributed by atoms with E-state index >= 15 is 0 Å². The Morgan fingerprint density at radius 3 is 1.59 bits per heavy atom. The summed E-state index contributed by atoms with van der Waals surface area (Å²) in [6.45, 7) is 12.7. The van der Waals surface area contributed by atoms with E-state index in [2.05, 4.69) is 64.1 Å². The summed E-state index contributed by atoms with van der Waals surface area (Å²) in [4.78, 5) is 51.5. The van der Waals surface area contributed by atoms with Crippen LogP contribution in [0.1, 0.15) is 68.0 Å². The number of hydrogen-bond acceptors (Lipinski definition) is 4. The van der Waals surface area contributed by atoms with Gasteiger partial charge in [-0.3, -0.25) is 19.2 Å². The van der Waals surface area contributed by atoms with Crippen LogP contribution in [-0.4, -0.2) is 23.6 Å². The van der Waals surface area contributed by atoms with Gasteiger partial charge in [0.2, 0.25) is 0 Å². The maximum atomic E-state index is 12.5. The second kappa shape index (κ2) is 10.1. The number of carbonyl (C=O) groups is 4. The van der Waals surface area contributed by atoms with E-state index in [-0.39, 0.29) is 34.5 Å². The monoisotopic (exact) mass is 546 g/mol. The van der Waals surface area contributed by atoms with Crippen LogP contribution < -0.4 is 9.80 Å². The largest absolute Gasteiger partial charge is 0.269 e. The molecular weight excluding hydrogens is 512 g/mol. The minimum Gasteiger partial charge on any atom is -0.269 e. The smallest absolute Gasteiger partial charge is 0.258 e. The summed E-state index contributed by atoms with van der Waals surface area (Å²) in [6.07, 6.45) is 5.90. The number of carbonyl (C=O) groups excluding carboxylic acids is 4. The van der Waals surface area contributed by atoms with E-state index in [1.807, 2.05) is 38.1 Å². The van der Waals surface area contributed by atoms with E-state index in [0.717, 1.165) is 33.4 Å². The number of anilines is 2. The van der Waals surface area contributed by atoms with E-state index < -0.39 is 0 Å². The molecule has 5 rings (SSSR count). The van der Waals surface area contributed by atoms with Crippen LogP contribution in [0.5, 0.6) is 0 Å². The summed E-state index contributed by atoms with van der Waals surface area (Å²) in [6, 6.07) is 20.3. The molecule has 0 bridgehead atoms. The molecule has 0 radical (unpaired) electrons. The lowest BCUT2D eigenvalue weighted by Crippen LogP contribution is -2.31. The van der Waals surface area contributed by atoms with Gasteiger partial charge in [0.1, 0.15) is 0 Å². The summed E-state index contributed by atoms with van der Waals surface area (Å²) in [5.41, 5.74) is 6.82. The molecular formula is C35H34N2O4. The molecule has 0 aliphatic carbocycles. The molecule has 0 unspecified atom stereocenters. The first-order valence-electron chi connectivity index (χ1n) is 13.8. The van der Waals surface area contributed by atoms with Crippen molar-refractivity contribution in [1.82, 2.24) is 0 Å². The van der Waals surface area contributed by atoms with Crippen molar-refractivity contribution in [1.29, 1.82) is 0 Å². The summed E-state index contributed by atoms with van der Waals surface area (Å²) in [7, 11) is 0. The first kappa shape index (κ1) is 28.0. The third-order valence-electron chi connectivity index (χ3n) is 8.48. The third-order valence-corrected chi connectivity index (χ3v) is 8.48. The second-order valence-electron chi connectivity index (χ2n) is 11.7. The maximum absolute atomic E-state index is 12.5. The zero-order valence-electron chi connectivity index (χ0n) is 24.3. The number of rotatable bonds is 7. The Balaban J connectivity index is 1.48. The van der Waals surface area contributed by atoms with Gasteiger partial charge in [-0.2, -0.15) is 0 Å². The van der Waals surface area contributed by atoms with Gasteiger partial charge in [0.25, 0.3) is 23.6 Å². The Morgan fingerprint density at radius 1 is 0.585 bits per heavy atom. The SMILES string of the molecule is CCc1cc(C(C)(C)c2cccc(C(C)(C)c3ccc(N4C(=O)C=CC4=O)cc3)c2)cc(C)c1N1C(=O)C=CC1=O. The van der Waals surface area contributed by atoms with Gasteiger partial charge in [0, 0.05) is 35.1 Å². The van der Waals surface area contributed by atoms with Crippen LogP contribution in [0.25, 0.3) is 0 Å². The molecule has 6 heteroatoms. The Kier molecular flexibility index (Phi) is 6.90. The zero-order chi connectivity index (χ0) is 29.7. The standard InChI is InChI=1S/C35H34N2O4/c1-7-23-20-27(19-22(2)33(23)37-31(40)17-18-32(37)41)35(5,6)26-10-8-9-25(21-26)34(3,4)24-11-13-28(14-12-24)36-29(38)15-16-30(36)39/h8-21H,7H2,1-6H3. The fourth-order valence-electron chi connectivity index (χ4n) is 5.74. The summed E-state index contributed by atoms with van der Waals surface area (Å²) in [5.74, 6) is -1.28. The molecule has 41 heavy (non-hydrogen) atoms. The fraction of sp³-hybridized carbons (Fsp3) is 0.257. The van der Waals surface area contributed by atoms with E-state index in [1.165, 1.54) is 34.1 Å². The van der Waals surface area contributed by atoms with Gasteiger partial charge in [0.15, 0.2) is 0 Å². The van der Waals surface area contributed by atoms with Crippen LogP contribution in [-0.2, 0) is 36.4 Å². The molecule has 0 atom stereocenters. The summed E-state index contributed by atoms with van der Waals surface area (Å²) < 4.78 is 0. The molecule has 0 N–H and O–H groups in total. The predicted molar refractivity (Wildman–Crippen MR) is 161 cm³/mol. The Bertz CT molecular complexity index is 1620. The molecule has 0 saturated heterocycles. The van der Waals surface area contributed by atoms with Crippen LogP contribution in [0.15, 0.2) is 85.0 Å². The first-order chi connectivity index (χ1) is 19.4. The Hall–Kier alpha value is -4.58. The van der Waals surface area contributed by atoms with Crippen molar-refractivity contribution in [2.24, 2.45) is 0 Å². The highest BCUT2D eigenvalue weighted by molar-refractivity contribution is 6.29. The fourth-order valence-corrected chi connectivity index (χ4v) is 5.74. The molecule has 2 aliphatic rings. The molecule has 0 spiro atoms. The quantitative estimate of drug-likeness (QED) is 0.337. The van der Waals surface area contributed by atoms with Gasteiger partial charge >= 0.3 is 0 Å². The van der Waals surface area contributed by atoms with E-state index in [4.69, 9.17) is 0 Å². The Morgan fingerprint density at radius 2 is 1.07 bits per heavy atom. The number of benzene rings is 3. The summed E-state index contributed by atoms with van der Waals surface area (Å²) in [5, 5.41) is 0. The molecule has 6 nitrogen and oxygen atoms in total. The first-order valence-corrected chi connectivity index (χ1v) is 13.8. The van der Waals surface area contributed by atoms with Crippen molar-refractivity contribution in [3.05, 3.63) is 118 Å². The molecule has 0 saturated carbocycles. The number of aryl methyl sites for hydroxylation is 2. The number of amides is 4. The molecule has 0 fully saturated rings. The van der Waals surface area contributed by atoms with Crippen LogP contribution in [0, 0.1) is 6.92 Å². The van der Waals surface area contributed by atoms with Crippen molar-refractivity contribution in [2.75, 3.05) is 9.80 Å². The van der Waals surface area contributed by atoms with E-state index in [9.17, 15) is 19.2 Å². The van der Waals surface area contributed by atoms with Crippen LogP contribution in [0.4, 0.5) is 11.4 Å². The number of imide groups is 2. The van der Waals surface area contributed by atoms with Crippen LogP contribution >= 0.6 is 0 Å². The van der Waals surface area contributed by atoms with Crippen molar-refractivity contribution < 1.29 is 19.2 Å². The molecule has 4 amide bonds. The average Bonchev–Trinajstić information content (AvgIpc) is 3.47. The van der Waals surface area contributed by atoms with Crippen molar-refractivity contribution >= 4 is 35.0 Å². The van der Waals surface area contributed by atoms with Crippen molar-refractivity contribution in [3.8, 4) is 0 Å². The highest BCUT2D eigenvalue weighted by atomic mass is 16.2. The van der Waals surface area contributed by atoms with Gasteiger partial charge in [-0.05, 0) is 58.9 Å². The molecule has 3 aromatic carbocycles. The minimum absolute atomic E-state index is 0.307. The predicted octanol–water partition coefficient (Wildman–Crippen LogP) is 6.07. The average molecular weight is 547 g/mol. The normalized spacial score (nSPS) is 15.6. The van der Waals surface area contributed by atoms with Crippen molar-refractivity contribution in [3.63, 3.8) is 0 Å². The molecule has 2 heterocycles. The third kappa shape index (κ3) is 4.73. The lowest BCUT2D eigenvalue weighted by Gasteiger charge is -2.32. The van der Waals surface area contributed by atoms with E-state index in [0.29, 0.717) is 17.8 Å². The molecule has 2 aliphatic heterocycles. The lowest BCUT2D eigenvalue weighted by atomic mass is 9.73. The molecule has 3 aromatic rings. The highest BCUT2D eigenvalue weighted by Gasteiger charge is 2.32. The van der Waals surface area contributed by atoms with Gasteiger partial charge in [-0.25, -0.2) is 9.80 Å². The van der Waals surface area contributed by atoms with Gasteiger partial charge < -0.3 is 0 Å². The molecule has 0 aromatic heterocycles. The zero-order valence-corrected chi connectivity index (χ0v) is 24.3. The van der Waals surface area contributed by atoms with Gasteiger partial charge in [-0.1, -0.05) is 83.1 Å². The highest BCUT2D eigenvalue weighted by Crippen LogP contribution is 2.40. The number of nitrogens with zero attached hydrogens (tertiary/aromatic N) is 2. The Labute approximate surface area is 241 Å². The topological polar surface area (TPSA) is 74.8 Å². The number of hydrogen-bond donors (Lipinski definition) is 0. The van der Waals surface area contributed by atoms with E-state index in [1.54, 1.807) is 0 Å². The summed E-state index contributed by atoms with van der Waals surface area (Å²) >= 11 is 0. The van der Waals surface area contributed by atoms with Gasteiger partial charge in [-0.15, -0.1) is 0 Å². The maximum Gasteiger partial charge on any atom is 0.258 e. The minimum atomic E-state index is -0.357. The second-order valence-corrected chi connectivity index (χ2v) is 11.7. The van der Waals surface area contributed by atoms with Crippen LogP contribution in [0.2, 0.25) is 0 Å². The van der Waals surface area contributed by atoms with Crippen molar-refractivity contribution in [2.45, 2.75) is 58.8 Å². The lowest BCUT2D eigenvalue weighted by molar-refractivity contribution is -0.121. The molecule has 208 valence electrons.